The first kappa shape index (κ1) is 19.7. The lowest BCUT2D eigenvalue weighted by Gasteiger charge is -2.25. The van der Waals surface area contributed by atoms with Gasteiger partial charge in [0.2, 0.25) is 5.91 Å². The van der Waals surface area contributed by atoms with Gasteiger partial charge in [-0.15, -0.1) is 0 Å². The summed E-state index contributed by atoms with van der Waals surface area (Å²) in [5, 5.41) is 26.8. The predicted octanol–water partition coefficient (Wildman–Crippen LogP) is -0.0318. The molecule has 0 aliphatic rings. The van der Waals surface area contributed by atoms with Crippen molar-refractivity contribution in [2.24, 2.45) is 5.92 Å². The third-order valence-corrected chi connectivity index (χ3v) is 2.61. The van der Waals surface area contributed by atoms with Gasteiger partial charge in [-0.1, -0.05) is 13.8 Å². The summed E-state index contributed by atoms with van der Waals surface area (Å²) in [4.78, 5) is 23.8. The maximum atomic E-state index is 12.1. The second kappa shape index (κ2) is 7.61. The van der Waals surface area contributed by atoms with E-state index in [0.717, 1.165) is 0 Å². The van der Waals surface area contributed by atoms with Crippen LogP contribution in [0, 0.1) is 5.92 Å². The molecular weight excluding hydrogens is 274 g/mol. The maximum absolute atomic E-state index is 12.1. The number of nitrogens with one attached hydrogen (secondary N) is 3. The Hall–Kier alpha value is -1.34. The highest BCUT2D eigenvalue weighted by Gasteiger charge is 2.26. The molecular formula is C14H29N3O4. The molecule has 3 amide bonds. The lowest BCUT2D eigenvalue weighted by molar-refractivity contribution is -0.124. The molecule has 0 aromatic rings. The van der Waals surface area contributed by atoms with E-state index in [9.17, 15) is 19.8 Å². The molecule has 124 valence electrons. The molecule has 0 aliphatic carbocycles. The number of carbonyl (C=O) groups excluding carboxylic acids is 2. The van der Waals surface area contributed by atoms with Crippen molar-refractivity contribution in [3.8, 4) is 0 Å². The lowest BCUT2D eigenvalue weighted by atomic mass is 10.0. The van der Waals surface area contributed by atoms with Crippen molar-refractivity contribution in [1.82, 2.24) is 16.0 Å². The van der Waals surface area contributed by atoms with Gasteiger partial charge in [-0.05, 0) is 33.6 Å². The normalized spacial score (nSPS) is 13.8. The standard InChI is InChI=1S/C14H29N3O4/c1-9(2)10(11(18)15-7-13(3,4)20)17-12(19)16-8-14(5,6)21/h9-10,20-21H,7-8H2,1-6H3,(H,15,18)(H2,16,17,19)/t10-/m1/s1. The van der Waals surface area contributed by atoms with Crippen molar-refractivity contribution in [3.05, 3.63) is 0 Å². The van der Waals surface area contributed by atoms with Gasteiger partial charge in [0, 0.05) is 13.1 Å². The Labute approximate surface area is 126 Å². The Kier molecular flexibility index (Phi) is 7.12. The van der Waals surface area contributed by atoms with Crippen LogP contribution in [0.3, 0.4) is 0 Å². The highest BCUT2D eigenvalue weighted by molar-refractivity contribution is 5.87. The molecule has 7 heteroatoms. The molecule has 0 aliphatic heterocycles. The highest BCUT2D eigenvalue weighted by Crippen LogP contribution is 2.04. The summed E-state index contributed by atoms with van der Waals surface area (Å²) in [6, 6.07) is -1.23. The Morgan fingerprint density at radius 2 is 1.38 bits per heavy atom. The molecule has 7 nitrogen and oxygen atoms in total. The van der Waals surface area contributed by atoms with Gasteiger partial charge < -0.3 is 26.2 Å². The van der Waals surface area contributed by atoms with Crippen molar-refractivity contribution in [3.63, 3.8) is 0 Å². The van der Waals surface area contributed by atoms with Crippen LogP contribution in [0.5, 0.6) is 0 Å². The summed E-state index contributed by atoms with van der Waals surface area (Å²) >= 11 is 0. The van der Waals surface area contributed by atoms with Gasteiger partial charge in [0.25, 0.3) is 0 Å². The zero-order chi connectivity index (χ0) is 16.8. The fourth-order valence-corrected chi connectivity index (χ4v) is 1.44. The number of aliphatic hydroxyl groups is 2. The maximum Gasteiger partial charge on any atom is 0.315 e. The number of rotatable bonds is 7. The number of carbonyl (C=O) groups is 2. The molecule has 1 atom stereocenters. The molecule has 5 N–H and O–H groups in total. The molecule has 0 radical (unpaired) electrons. The van der Waals surface area contributed by atoms with E-state index in [2.05, 4.69) is 16.0 Å². The van der Waals surface area contributed by atoms with Crippen molar-refractivity contribution in [2.45, 2.75) is 58.8 Å². The van der Waals surface area contributed by atoms with E-state index in [1.54, 1.807) is 27.7 Å². The van der Waals surface area contributed by atoms with E-state index >= 15 is 0 Å². The first-order chi connectivity index (χ1) is 9.32. The third kappa shape index (κ3) is 10.1. The monoisotopic (exact) mass is 303 g/mol. The average molecular weight is 303 g/mol. The van der Waals surface area contributed by atoms with Crippen LogP contribution in [0.1, 0.15) is 41.5 Å². The van der Waals surface area contributed by atoms with Gasteiger partial charge in [-0.25, -0.2) is 4.79 Å². The van der Waals surface area contributed by atoms with Crippen molar-refractivity contribution in [2.75, 3.05) is 13.1 Å². The molecule has 0 aromatic heterocycles. The highest BCUT2D eigenvalue weighted by atomic mass is 16.3. The summed E-state index contributed by atoms with van der Waals surface area (Å²) in [6.45, 7) is 10.1. The van der Waals surface area contributed by atoms with E-state index in [4.69, 9.17) is 0 Å². The third-order valence-electron chi connectivity index (χ3n) is 2.61. The summed E-state index contributed by atoms with van der Waals surface area (Å²) in [5.41, 5.74) is -2.03. The minimum atomic E-state index is -1.02. The van der Waals surface area contributed by atoms with Crippen LogP contribution in [0.25, 0.3) is 0 Å². The average Bonchev–Trinajstić information content (AvgIpc) is 2.28. The van der Waals surface area contributed by atoms with Gasteiger partial charge >= 0.3 is 6.03 Å². The largest absolute Gasteiger partial charge is 0.389 e. The molecule has 0 heterocycles. The Bertz CT molecular complexity index is 356. The summed E-state index contributed by atoms with van der Waals surface area (Å²) in [7, 11) is 0. The summed E-state index contributed by atoms with van der Waals surface area (Å²) in [6.07, 6.45) is 0. The first-order valence-electron chi connectivity index (χ1n) is 7.09. The molecule has 0 unspecified atom stereocenters. The van der Waals surface area contributed by atoms with Crippen LogP contribution in [0.2, 0.25) is 0 Å². The van der Waals surface area contributed by atoms with Crippen LogP contribution in [0.15, 0.2) is 0 Å². The minimum Gasteiger partial charge on any atom is -0.389 e. The number of hydrogen-bond acceptors (Lipinski definition) is 4. The van der Waals surface area contributed by atoms with Crippen molar-refractivity contribution >= 4 is 11.9 Å². The predicted molar refractivity (Wildman–Crippen MR) is 80.8 cm³/mol. The molecule has 21 heavy (non-hydrogen) atoms. The van der Waals surface area contributed by atoms with Crippen LogP contribution in [-0.2, 0) is 4.79 Å². The van der Waals surface area contributed by atoms with Gasteiger partial charge in [0.15, 0.2) is 0 Å². The Balaban J connectivity index is 4.49. The molecule has 0 saturated heterocycles. The number of urea groups is 1. The van der Waals surface area contributed by atoms with Gasteiger partial charge in [0.1, 0.15) is 6.04 Å². The molecule has 0 spiro atoms. The SMILES string of the molecule is CC(C)[C@@H](NC(=O)NCC(C)(C)O)C(=O)NCC(C)(C)O. The molecule has 0 saturated carbocycles. The topological polar surface area (TPSA) is 111 Å². The summed E-state index contributed by atoms with van der Waals surface area (Å²) < 4.78 is 0. The summed E-state index contributed by atoms with van der Waals surface area (Å²) in [5.74, 6) is -0.467. The lowest BCUT2D eigenvalue weighted by Crippen LogP contribution is -2.55. The fourth-order valence-electron chi connectivity index (χ4n) is 1.44. The Morgan fingerprint density at radius 3 is 1.76 bits per heavy atom. The second-order valence-corrected chi connectivity index (χ2v) is 6.89. The van der Waals surface area contributed by atoms with Gasteiger partial charge in [-0.3, -0.25) is 4.79 Å². The van der Waals surface area contributed by atoms with Crippen molar-refractivity contribution < 1.29 is 19.8 Å². The molecule has 0 rings (SSSR count). The van der Waals surface area contributed by atoms with Crippen molar-refractivity contribution in [1.29, 1.82) is 0 Å². The number of amides is 3. The molecule has 0 bridgehead atoms. The van der Waals surface area contributed by atoms with Crippen LogP contribution < -0.4 is 16.0 Å². The zero-order valence-corrected chi connectivity index (χ0v) is 13.8. The first-order valence-corrected chi connectivity index (χ1v) is 7.09. The van der Waals surface area contributed by atoms with Crippen LogP contribution in [-0.4, -0.2) is 52.5 Å². The quantitative estimate of drug-likeness (QED) is 0.455. The minimum absolute atomic E-state index is 0.0783. The van der Waals surface area contributed by atoms with Crippen LogP contribution >= 0.6 is 0 Å². The zero-order valence-electron chi connectivity index (χ0n) is 13.8. The van der Waals surface area contributed by atoms with E-state index in [0.29, 0.717) is 0 Å². The number of hydrogen-bond donors (Lipinski definition) is 5. The van der Waals surface area contributed by atoms with Gasteiger partial charge in [0.05, 0.1) is 11.2 Å². The van der Waals surface area contributed by atoms with E-state index < -0.39 is 23.3 Å². The van der Waals surface area contributed by atoms with E-state index in [1.165, 1.54) is 0 Å². The van der Waals surface area contributed by atoms with Crippen LogP contribution in [0.4, 0.5) is 4.79 Å². The second-order valence-electron chi connectivity index (χ2n) is 6.89. The van der Waals surface area contributed by atoms with Gasteiger partial charge in [-0.2, -0.15) is 0 Å². The molecule has 0 aromatic carbocycles. The van der Waals surface area contributed by atoms with E-state index in [-0.39, 0.29) is 24.9 Å². The fraction of sp³-hybridized carbons (Fsp3) is 0.857. The molecule has 0 fully saturated rings. The smallest absolute Gasteiger partial charge is 0.315 e. The van der Waals surface area contributed by atoms with E-state index in [1.807, 2.05) is 13.8 Å². The Morgan fingerprint density at radius 1 is 0.952 bits per heavy atom.